The molecule has 2 heterocycles. The van der Waals surface area contributed by atoms with Crippen molar-refractivity contribution in [2.45, 2.75) is 24.3 Å². The summed E-state index contributed by atoms with van der Waals surface area (Å²) in [5, 5.41) is 15.0. The first-order chi connectivity index (χ1) is 17.8. The summed E-state index contributed by atoms with van der Waals surface area (Å²) in [5.41, 5.74) is 4.40. The number of thiophene rings is 1. The molecule has 0 spiro atoms. The van der Waals surface area contributed by atoms with Gasteiger partial charge in [-0.05, 0) is 65.7 Å². The number of sulfonamides is 1. The van der Waals surface area contributed by atoms with Gasteiger partial charge in [-0.3, -0.25) is 4.79 Å². The van der Waals surface area contributed by atoms with Crippen LogP contribution in [0.2, 0.25) is 0 Å². The second-order valence-corrected chi connectivity index (χ2v) is 10.7. The molecule has 1 atom stereocenters. The molecule has 4 rings (SSSR count). The van der Waals surface area contributed by atoms with E-state index in [0.717, 1.165) is 22.3 Å². The minimum Gasteiger partial charge on any atom is -0.480 e. The Morgan fingerprint density at radius 2 is 1.84 bits per heavy atom. The van der Waals surface area contributed by atoms with Crippen LogP contribution in [-0.2, 0) is 21.2 Å². The average molecular weight is 532 g/mol. The molecule has 2 aromatic heterocycles. The lowest BCUT2D eigenvalue weighted by Crippen LogP contribution is -2.30. The van der Waals surface area contributed by atoms with E-state index < -0.39 is 22.0 Å². The van der Waals surface area contributed by atoms with Crippen molar-refractivity contribution in [3.63, 3.8) is 0 Å². The number of hydrogen-bond donors (Lipinski definition) is 3. The van der Waals surface area contributed by atoms with Gasteiger partial charge in [0.15, 0.2) is 0 Å². The van der Waals surface area contributed by atoms with E-state index in [1.165, 1.54) is 11.3 Å². The van der Waals surface area contributed by atoms with Gasteiger partial charge in [0.1, 0.15) is 12.4 Å². The normalized spacial score (nSPS) is 11.8. The lowest BCUT2D eigenvalue weighted by Gasteiger charge is -2.19. The highest BCUT2D eigenvalue weighted by Gasteiger charge is 2.23. The van der Waals surface area contributed by atoms with Crippen LogP contribution in [-0.4, -0.2) is 31.0 Å². The highest BCUT2D eigenvalue weighted by molar-refractivity contribution is 7.89. The number of nitrogens with zero attached hydrogens (tertiary/aromatic N) is 1. The maximum Gasteiger partial charge on any atom is 0.322 e. The Morgan fingerprint density at radius 1 is 1.05 bits per heavy atom. The Balaban J connectivity index is 1.61. The topological polar surface area (TPSA) is 108 Å². The first-order valence-corrected chi connectivity index (χ1v) is 13.9. The first kappa shape index (κ1) is 26.1. The van der Waals surface area contributed by atoms with Gasteiger partial charge in [-0.15, -0.1) is 5.92 Å². The molecule has 0 amide bonds. The van der Waals surface area contributed by atoms with Crippen molar-refractivity contribution in [1.29, 1.82) is 0 Å². The van der Waals surface area contributed by atoms with Crippen LogP contribution in [0.4, 0.5) is 5.82 Å². The number of carbonyl (C=O) groups is 1. The number of aliphatic carboxylic acids is 1. The zero-order valence-corrected chi connectivity index (χ0v) is 21.6. The number of nitrogens with one attached hydrogen (secondary N) is 2. The highest BCUT2D eigenvalue weighted by Crippen LogP contribution is 2.25. The molecule has 1 unspecified atom stereocenters. The fraction of sp³-hybridized carbons (Fsp3) is 0.143. The summed E-state index contributed by atoms with van der Waals surface area (Å²) in [6.07, 6.45) is 0.348. The molecule has 0 bridgehead atoms. The van der Waals surface area contributed by atoms with Gasteiger partial charge in [0.25, 0.3) is 0 Å². The van der Waals surface area contributed by atoms with E-state index in [9.17, 15) is 13.2 Å². The van der Waals surface area contributed by atoms with Crippen LogP contribution in [0, 0.1) is 11.8 Å². The van der Waals surface area contributed by atoms with Gasteiger partial charge in [-0.2, -0.15) is 11.3 Å². The summed E-state index contributed by atoms with van der Waals surface area (Å²) in [4.78, 5) is 15.6. The van der Waals surface area contributed by atoms with Crippen LogP contribution in [0.15, 0.2) is 88.5 Å². The fourth-order valence-electron chi connectivity index (χ4n) is 3.77. The Hall–Kier alpha value is -3.97. The van der Waals surface area contributed by atoms with Gasteiger partial charge in [0.05, 0.1) is 16.6 Å². The van der Waals surface area contributed by atoms with Crippen LogP contribution in [0.5, 0.6) is 0 Å². The number of pyridine rings is 1. The standard InChI is InChI=1S/C28H25N3O4S2/c1-2-5-20-6-3-7-23(16-20)22-12-10-21(11-13-22)17-26(31-37(34,35)24-14-15-36-19-24)25-8-4-9-27(30-25)29-18-28(32)33/h3-4,6-16,19,26,31H,17-18H2,1H3,(H,29,30)(H,32,33). The average Bonchev–Trinajstić information content (AvgIpc) is 3.44. The maximum atomic E-state index is 13.1. The summed E-state index contributed by atoms with van der Waals surface area (Å²) in [5.74, 6) is 5.31. The van der Waals surface area contributed by atoms with Gasteiger partial charge >= 0.3 is 5.97 Å². The largest absolute Gasteiger partial charge is 0.480 e. The van der Waals surface area contributed by atoms with Crippen molar-refractivity contribution in [3.8, 4) is 23.0 Å². The second-order valence-electron chi connectivity index (χ2n) is 8.18. The van der Waals surface area contributed by atoms with Crippen LogP contribution >= 0.6 is 11.3 Å². The van der Waals surface area contributed by atoms with Crippen molar-refractivity contribution in [3.05, 3.63) is 100 Å². The van der Waals surface area contributed by atoms with Crippen molar-refractivity contribution in [2.75, 3.05) is 11.9 Å². The molecular weight excluding hydrogens is 506 g/mol. The summed E-state index contributed by atoms with van der Waals surface area (Å²) in [6, 6.07) is 21.9. The Morgan fingerprint density at radius 3 is 2.54 bits per heavy atom. The lowest BCUT2D eigenvalue weighted by atomic mass is 9.98. The number of carboxylic acids is 1. The molecule has 0 aliphatic rings. The van der Waals surface area contributed by atoms with Gasteiger partial charge < -0.3 is 10.4 Å². The molecule has 188 valence electrons. The van der Waals surface area contributed by atoms with Crippen molar-refractivity contribution in [1.82, 2.24) is 9.71 Å². The minimum absolute atomic E-state index is 0.188. The molecule has 3 N–H and O–H groups in total. The summed E-state index contributed by atoms with van der Waals surface area (Å²) < 4.78 is 28.9. The van der Waals surface area contributed by atoms with Crippen molar-refractivity contribution >= 4 is 33.1 Å². The highest BCUT2D eigenvalue weighted by atomic mass is 32.2. The van der Waals surface area contributed by atoms with Crippen LogP contribution in [0.1, 0.15) is 29.8 Å². The van der Waals surface area contributed by atoms with Crippen LogP contribution in [0.3, 0.4) is 0 Å². The molecule has 4 aromatic rings. The van der Waals surface area contributed by atoms with Crippen molar-refractivity contribution < 1.29 is 18.3 Å². The van der Waals surface area contributed by atoms with Gasteiger partial charge in [-0.25, -0.2) is 18.1 Å². The predicted octanol–water partition coefficient (Wildman–Crippen LogP) is 4.94. The predicted molar refractivity (Wildman–Crippen MR) is 146 cm³/mol. The third-order valence-electron chi connectivity index (χ3n) is 5.51. The van der Waals surface area contributed by atoms with Crippen LogP contribution < -0.4 is 10.0 Å². The third kappa shape index (κ3) is 7.05. The zero-order chi connectivity index (χ0) is 26.3. The molecule has 0 fully saturated rings. The zero-order valence-electron chi connectivity index (χ0n) is 20.0. The molecule has 0 saturated heterocycles. The number of hydrogen-bond acceptors (Lipinski definition) is 6. The number of carboxylic acid groups (broad SMARTS) is 1. The van der Waals surface area contributed by atoms with Crippen molar-refractivity contribution in [2.24, 2.45) is 0 Å². The van der Waals surface area contributed by atoms with E-state index in [2.05, 4.69) is 26.9 Å². The lowest BCUT2D eigenvalue weighted by molar-refractivity contribution is -0.134. The molecule has 0 saturated carbocycles. The Labute approximate surface area is 220 Å². The van der Waals surface area contributed by atoms with E-state index in [0.29, 0.717) is 17.9 Å². The van der Waals surface area contributed by atoms with E-state index >= 15 is 0 Å². The van der Waals surface area contributed by atoms with Gasteiger partial charge in [0, 0.05) is 10.9 Å². The summed E-state index contributed by atoms with van der Waals surface area (Å²) in [7, 11) is -3.79. The Bertz CT molecular complexity index is 1540. The Kier molecular flexibility index (Phi) is 8.36. The molecular formula is C28H25N3O4S2. The molecule has 0 aliphatic heterocycles. The molecule has 37 heavy (non-hydrogen) atoms. The third-order valence-corrected chi connectivity index (χ3v) is 7.81. The molecule has 9 heteroatoms. The molecule has 0 aliphatic carbocycles. The van der Waals surface area contributed by atoms with Gasteiger partial charge in [-0.1, -0.05) is 48.4 Å². The van der Waals surface area contributed by atoms with E-state index in [-0.39, 0.29) is 11.4 Å². The molecule has 2 aromatic carbocycles. The van der Waals surface area contributed by atoms with E-state index in [1.54, 1.807) is 41.9 Å². The summed E-state index contributed by atoms with van der Waals surface area (Å²) >= 11 is 1.30. The quantitative estimate of drug-likeness (QED) is 0.250. The fourth-order valence-corrected chi connectivity index (χ4v) is 6.00. The maximum absolute atomic E-state index is 13.1. The smallest absolute Gasteiger partial charge is 0.322 e. The monoisotopic (exact) mass is 531 g/mol. The summed E-state index contributed by atoms with van der Waals surface area (Å²) in [6.45, 7) is 1.51. The number of anilines is 1. The van der Waals surface area contributed by atoms with E-state index in [4.69, 9.17) is 5.11 Å². The second kappa shape index (κ2) is 11.8. The number of rotatable bonds is 10. The van der Waals surface area contributed by atoms with Crippen LogP contribution in [0.25, 0.3) is 11.1 Å². The van der Waals surface area contributed by atoms with Gasteiger partial charge in [0.2, 0.25) is 10.0 Å². The SMILES string of the molecule is CC#Cc1cccc(-c2ccc(CC(NS(=O)(=O)c3ccsc3)c3cccc(NCC(=O)O)n3)cc2)c1. The number of aromatic nitrogens is 1. The molecule has 7 nitrogen and oxygen atoms in total. The van der Waals surface area contributed by atoms with E-state index in [1.807, 2.05) is 48.5 Å². The minimum atomic E-state index is -3.79. The first-order valence-electron chi connectivity index (χ1n) is 11.4. The molecule has 0 radical (unpaired) electrons. The number of benzene rings is 2.